The first-order valence-electron chi connectivity index (χ1n) is 7.57. The molecule has 1 aliphatic rings. The van der Waals surface area contributed by atoms with Gasteiger partial charge in [0.2, 0.25) is 0 Å². The predicted molar refractivity (Wildman–Crippen MR) is 81.8 cm³/mol. The van der Waals surface area contributed by atoms with Crippen LogP contribution in [0.15, 0.2) is 24.3 Å². The summed E-state index contributed by atoms with van der Waals surface area (Å²) in [5.74, 6) is 2.24. The van der Waals surface area contributed by atoms with Gasteiger partial charge in [0.05, 0.1) is 0 Å². The summed E-state index contributed by atoms with van der Waals surface area (Å²) in [6, 6.07) is 10.5. The minimum Gasteiger partial charge on any atom is -0.479 e. The molecule has 0 radical (unpaired) electrons. The smallest absolute Gasteiger partial charge is 0.174 e. The molecule has 3 nitrogen and oxygen atoms in total. The summed E-state index contributed by atoms with van der Waals surface area (Å²) >= 11 is 0. The highest BCUT2D eigenvalue weighted by Gasteiger charge is 2.27. The van der Waals surface area contributed by atoms with Crippen molar-refractivity contribution in [3.8, 4) is 11.8 Å². The van der Waals surface area contributed by atoms with Gasteiger partial charge in [0.25, 0.3) is 0 Å². The van der Waals surface area contributed by atoms with Gasteiger partial charge in [-0.15, -0.1) is 0 Å². The second-order valence-electron chi connectivity index (χ2n) is 5.91. The molecular weight excluding hydrogens is 248 g/mol. The standard InChI is InChI=1S/C17H24N2O/c1-13(2)16-5-3-4-6-17(16)19-14-7-9-15(10-8-14)20-12-11-18/h7-10,13,16-17,19H,3-6,12H2,1-2H3. The maximum atomic E-state index is 8.49. The minimum absolute atomic E-state index is 0.102. The maximum Gasteiger partial charge on any atom is 0.174 e. The van der Waals surface area contributed by atoms with Crippen LogP contribution in [0.4, 0.5) is 5.69 Å². The third kappa shape index (κ3) is 3.90. The Morgan fingerprint density at radius 1 is 1.25 bits per heavy atom. The molecule has 2 rings (SSSR count). The van der Waals surface area contributed by atoms with Crippen molar-refractivity contribution in [1.29, 1.82) is 5.26 Å². The average Bonchev–Trinajstić information content (AvgIpc) is 2.47. The van der Waals surface area contributed by atoms with E-state index in [2.05, 4.69) is 19.2 Å². The quantitative estimate of drug-likeness (QED) is 0.873. The number of hydrogen-bond donors (Lipinski definition) is 1. The number of anilines is 1. The molecule has 2 unspecified atom stereocenters. The molecule has 0 amide bonds. The third-order valence-corrected chi connectivity index (χ3v) is 4.19. The van der Waals surface area contributed by atoms with Crippen LogP contribution in [0.3, 0.4) is 0 Å². The van der Waals surface area contributed by atoms with Gasteiger partial charge in [0.1, 0.15) is 11.8 Å². The minimum atomic E-state index is 0.102. The molecule has 20 heavy (non-hydrogen) atoms. The lowest BCUT2D eigenvalue weighted by Crippen LogP contribution is -2.35. The van der Waals surface area contributed by atoms with E-state index in [9.17, 15) is 0 Å². The Bertz CT molecular complexity index is 447. The van der Waals surface area contributed by atoms with Crippen molar-refractivity contribution in [3.05, 3.63) is 24.3 Å². The van der Waals surface area contributed by atoms with Crippen LogP contribution in [-0.4, -0.2) is 12.6 Å². The molecule has 1 N–H and O–H groups in total. The van der Waals surface area contributed by atoms with E-state index in [4.69, 9.17) is 10.00 Å². The molecule has 1 saturated carbocycles. The van der Waals surface area contributed by atoms with Gasteiger partial charge in [-0.2, -0.15) is 5.26 Å². The largest absolute Gasteiger partial charge is 0.479 e. The van der Waals surface area contributed by atoms with E-state index in [1.54, 1.807) is 0 Å². The number of nitriles is 1. The van der Waals surface area contributed by atoms with E-state index >= 15 is 0 Å². The number of rotatable bonds is 5. The zero-order valence-corrected chi connectivity index (χ0v) is 12.4. The molecule has 2 atom stereocenters. The van der Waals surface area contributed by atoms with Crippen LogP contribution in [-0.2, 0) is 0 Å². The van der Waals surface area contributed by atoms with Gasteiger partial charge in [-0.1, -0.05) is 26.7 Å². The highest BCUT2D eigenvalue weighted by Crippen LogP contribution is 2.32. The summed E-state index contributed by atoms with van der Waals surface area (Å²) in [5.41, 5.74) is 1.15. The van der Waals surface area contributed by atoms with Crippen molar-refractivity contribution in [3.63, 3.8) is 0 Å². The maximum absolute atomic E-state index is 8.49. The van der Waals surface area contributed by atoms with Gasteiger partial charge in [-0.25, -0.2) is 0 Å². The zero-order valence-electron chi connectivity index (χ0n) is 12.4. The normalized spacial score (nSPS) is 22.3. The van der Waals surface area contributed by atoms with Crippen molar-refractivity contribution in [1.82, 2.24) is 0 Å². The Kier molecular flexibility index (Phi) is 5.29. The van der Waals surface area contributed by atoms with Crippen LogP contribution < -0.4 is 10.1 Å². The van der Waals surface area contributed by atoms with E-state index < -0.39 is 0 Å². The van der Waals surface area contributed by atoms with E-state index in [0.717, 1.165) is 23.3 Å². The summed E-state index contributed by atoms with van der Waals surface area (Å²) in [5, 5.41) is 12.2. The Hall–Kier alpha value is -1.69. The highest BCUT2D eigenvalue weighted by atomic mass is 16.5. The molecule has 0 saturated heterocycles. The van der Waals surface area contributed by atoms with Crippen molar-refractivity contribution in [2.45, 2.75) is 45.6 Å². The van der Waals surface area contributed by atoms with Crippen LogP contribution in [0.5, 0.6) is 5.75 Å². The highest BCUT2D eigenvalue weighted by molar-refractivity contribution is 5.47. The van der Waals surface area contributed by atoms with E-state index in [1.807, 2.05) is 30.3 Å². The zero-order chi connectivity index (χ0) is 14.4. The molecule has 0 spiro atoms. The molecule has 3 heteroatoms. The molecule has 0 heterocycles. The van der Waals surface area contributed by atoms with Gasteiger partial charge in [0, 0.05) is 11.7 Å². The van der Waals surface area contributed by atoms with Crippen molar-refractivity contribution in [2.24, 2.45) is 11.8 Å². The van der Waals surface area contributed by atoms with Crippen molar-refractivity contribution in [2.75, 3.05) is 11.9 Å². The number of ether oxygens (including phenoxy) is 1. The summed E-state index contributed by atoms with van der Waals surface area (Å²) in [6.07, 6.45) is 5.28. The molecular formula is C17H24N2O. The number of benzene rings is 1. The average molecular weight is 272 g/mol. The first-order chi connectivity index (χ1) is 9.70. The molecule has 0 aromatic heterocycles. The molecule has 1 aliphatic carbocycles. The van der Waals surface area contributed by atoms with Crippen LogP contribution >= 0.6 is 0 Å². The molecule has 1 fully saturated rings. The fourth-order valence-corrected chi connectivity index (χ4v) is 3.11. The Morgan fingerprint density at radius 3 is 2.60 bits per heavy atom. The Balaban J connectivity index is 1.96. The SMILES string of the molecule is CC(C)C1CCCCC1Nc1ccc(OCC#N)cc1. The summed E-state index contributed by atoms with van der Waals surface area (Å²) in [6.45, 7) is 4.75. The van der Waals surface area contributed by atoms with Gasteiger partial charge in [-0.3, -0.25) is 0 Å². The number of nitrogens with zero attached hydrogens (tertiary/aromatic N) is 1. The van der Waals surface area contributed by atoms with Gasteiger partial charge in [-0.05, 0) is 48.9 Å². The summed E-state index contributed by atoms with van der Waals surface area (Å²) in [7, 11) is 0. The Labute approximate surface area is 121 Å². The lowest BCUT2D eigenvalue weighted by atomic mass is 9.78. The van der Waals surface area contributed by atoms with Gasteiger partial charge in [0.15, 0.2) is 6.61 Å². The molecule has 1 aromatic rings. The van der Waals surface area contributed by atoms with Crippen molar-refractivity contribution < 1.29 is 4.74 Å². The van der Waals surface area contributed by atoms with Gasteiger partial charge >= 0.3 is 0 Å². The predicted octanol–water partition coefficient (Wildman–Crippen LogP) is 4.22. The molecule has 0 aliphatic heterocycles. The lowest BCUT2D eigenvalue weighted by Gasteiger charge is -2.35. The fraction of sp³-hybridized carbons (Fsp3) is 0.588. The number of hydrogen-bond acceptors (Lipinski definition) is 3. The first-order valence-corrected chi connectivity index (χ1v) is 7.57. The Morgan fingerprint density at radius 2 is 1.95 bits per heavy atom. The summed E-state index contributed by atoms with van der Waals surface area (Å²) < 4.78 is 5.27. The van der Waals surface area contributed by atoms with E-state index in [-0.39, 0.29) is 6.61 Å². The lowest BCUT2D eigenvalue weighted by molar-refractivity contribution is 0.254. The van der Waals surface area contributed by atoms with Crippen LogP contribution in [0.1, 0.15) is 39.5 Å². The fourth-order valence-electron chi connectivity index (χ4n) is 3.11. The topological polar surface area (TPSA) is 45.0 Å². The van der Waals surface area contributed by atoms with E-state index in [0.29, 0.717) is 6.04 Å². The molecule has 0 bridgehead atoms. The first kappa shape index (κ1) is 14.7. The monoisotopic (exact) mass is 272 g/mol. The van der Waals surface area contributed by atoms with Crippen molar-refractivity contribution >= 4 is 5.69 Å². The van der Waals surface area contributed by atoms with Crippen LogP contribution in [0.2, 0.25) is 0 Å². The van der Waals surface area contributed by atoms with Gasteiger partial charge < -0.3 is 10.1 Å². The molecule has 1 aromatic carbocycles. The van der Waals surface area contributed by atoms with Crippen LogP contribution in [0.25, 0.3) is 0 Å². The second kappa shape index (κ2) is 7.19. The second-order valence-corrected chi connectivity index (χ2v) is 5.91. The molecule has 108 valence electrons. The summed E-state index contributed by atoms with van der Waals surface area (Å²) in [4.78, 5) is 0. The van der Waals surface area contributed by atoms with E-state index in [1.165, 1.54) is 25.7 Å². The number of nitrogens with one attached hydrogen (secondary N) is 1. The van der Waals surface area contributed by atoms with Crippen LogP contribution in [0, 0.1) is 23.2 Å². The third-order valence-electron chi connectivity index (χ3n) is 4.19.